The fraction of sp³-hybridized carbons (Fsp3) is 0.727. The molecule has 1 rings (SSSR count). The summed E-state index contributed by atoms with van der Waals surface area (Å²) in [7, 11) is 0. The van der Waals surface area contributed by atoms with E-state index in [0.29, 0.717) is 13.0 Å². The van der Waals surface area contributed by atoms with Crippen LogP contribution in [0.1, 0.15) is 27.2 Å². The van der Waals surface area contributed by atoms with Crippen molar-refractivity contribution in [3.8, 4) is 6.07 Å². The van der Waals surface area contributed by atoms with Crippen LogP contribution in [0.5, 0.6) is 0 Å². The molecule has 0 amide bonds. The highest BCUT2D eigenvalue weighted by Gasteiger charge is 2.32. The molecule has 5 nitrogen and oxygen atoms in total. The maximum Gasteiger partial charge on any atom is 0.330 e. The minimum Gasteiger partial charge on any atom is -0.367 e. The number of hydrogen-bond acceptors (Lipinski definition) is 5. The minimum absolute atomic E-state index is 0.0139. The van der Waals surface area contributed by atoms with Crippen LogP contribution < -0.4 is 0 Å². The number of Topliss-reactive ketones (excluding diaryl/α,β-unsaturated/α-hetero) is 1. The summed E-state index contributed by atoms with van der Waals surface area (Å²) in [4.78, 5) is 28.0. The maximum absolute atomic E-state index is 11.6. The molecule has 16 heavy (non-hydrogen) atoms. The zero-order valence-electron chi connectivity index (χ0n) is 9.82. The Morgan fingerprint density at radius 2 is 2.19 bits per heavy atom. The van der Waals surface area contributed by atoms with Crippen molar-refractivity contribution in [1.82, 2.24) is 5.06 Å². The lowest BCUT2D eigenvalue weighted by Gasteiger charge is -2.28. The average Bonchev–Trinajstić information content (AvgIpc) is 2.16. The highest BCUT2D eigenvalue weighted by atomic mass is 16.7. The Morgan fingerprint density at radius 3 is 2.62 bits per heavy atom. The first-order valence-corrected chi connectivity index (χ1v) is 5.24. The molecule has 1 fully saturated rings. The van der Waals surface area contributed by atoms with Crippen molar-refractivity contribution in [3.63, 3.8) is 0 Å². The number of carbonyl (C=O) groups excluding carboxylic acids is 2. The molecule has 0 radical (unpaired) electrons. The van der Waals surface area contributed by atoms with Crippen molar-refractivity contribution >= 4 is 11.8 Å². The van der Waals surface area contributed by atoms with Crippen LogP contribution in [0.2, 0.25) is 0 Å². The molecule has 0 aromatic rings. The summed E-state index contributed by atoms with van der Waals surface area (Å²) in [5.74, 6) is -1.10. The summed E-state index contributed by atoms with van der Waals surface area (Å²) >= 11 is 0. The highest BCUT2D eigenvalue weighted by molar-refractivity contribution is 5.86. The van der Waals surface area contributed by atoms with Crippen LogP contribution in [-0.4, -0.2) is 29.9 Å². The Morgan fingerprint density at radius 1 is 1.56 bits per heavy atom. The second kappa shape index (κ2) is 4.62. The van der Waals surface area contributed by atoms with Gasteiger partial charge >= 0.3 is 5.97 Å². The van der Waals surface area contributed by atoms with Gasteiger partial charge in [-0.15, -0.1) is 5.06 Å². The maximum atomic E-state index is 11.6. The number of rotatable bonds is 1. The van der Waals surface area contributed by atoms with Crippen LogP contribution in [0, 0.1) is 22.7 Å². The molecule has 0 N–H and O–H groups in total. The Bertz CT molecular complexity index is 338. The predicted molar refractivity (Wildman–Crippen MR) is 55.8 cm³/mol. The van der Waals surface area contributed by atoms with E-state index in [1.54, 1.807) is 20.8 Å². The number of ketones is 1. The van der Waals surface area contributed by atoms with Gasteiger partial charge in [-0.2, -0.15) is 5.26 Å². The predicted octanol–water partition coefficient (Wildman–Crippen LogP) is 0.905. The molecule has 1 unspecified atom stereocenters. The van der Waals surface area contributed by atoms with Crippen LogP contribution >= 0.6 is 0 Å². The van der Waals surface area contributed by atoms with Crippen LogP contribution in [0.25, 0.3) is 0 Å². The quantitative estimate of drug-likeness (QED) is 0.662. The molecule has 88 valence electrons. The average molecular weight is 224 g/mol. The number of piperidine rings is 1. The molecule has 0 bridgehead atoms. The van der Waals surface area contributed by atoms with E-state index in [1.807, 2.05) is 6.07 Å². The molecule has 5 heteroatoms. The summed E-state index contributed by atoms with van der Waals surface area (Å²) in [5.41, 5.74) is -0.588. The van der Waals surface area contributed by atoms with Gasteiger partial charge in [0, 0.05) is 6.54 Å². The molecule has 1 aliphatic rings. The first kappa shape index (κ1) is 12.7. The van der Waals surface area contributed by atoms with E-state index >= 15 is 0 Å². The van der Waals surface area contributed by atoms with Gasteiger partial charge in [0.2, 0.25) is 0 Å². The molecule has 1 atom stereocenters. The van der Waals surface area contributed by atoms with Crippen LogP contribution in [0.4, 0.5) is 0 Å². The summed E-state index contributed by atoms with van der Waals surface area (Å²) in [6.07, 6.45) is 0.423. The van der Waals surface area contributed by atoms with Crippen LogP contribution in [0.15, 0.2) is 0 Å². The lowest BCUT2D eigenvalue weighted by atomic mass is 9.97. The Kier molecular flexibility index (Phi) is 3.66. The summed E-state index contributed by atoms with van der Waals surface area (Å²) in [5, 5.41) is 10.00. The third kappa shape index (κ3) is 3.04. The third-order valence-electron chi connectivity index (χ3n) is 2.37. The van der Waals surface area contributed by atoms with Crippen molar-refractivity contribution in [2.75, 3.05) is 13.1 Å². The Hall–Kier alpha value is -1.41. The van der Waals surface area contributed by atoms with E-state index in [1.165, 1.54) is 5.06 Å². The van der Waals surface area contributed by atoms with E-state index in [0.717, 1.165) is 0 Å². The SMILES string of the molecule is CC(C)(C)C(=O)ON1CCC(C#N)C(=O)C1. The number of nitriles is 1. The molecule has 0 spiro atoms. The van der Waals surface area contributed by atoms with Crippen molar-refractivity contribution in [3.05, 3.63) is 0 Å². The Balaban J connectivity index is 2.51. The normalized spacial score (nSPS) is 22.6. The van der Waals surface area contributed by atoms with Crippen molar-refractivity contribution in [2.45, 2.75) is 27.2 Å². The van der Waals surface area contributed by atoms with E-state index in [9.17, 15) is 9.59 Å². The molecule has 1 aliphatic heterocycles. The van der Waals surface area contributed by atoms with Crippen LogP contribution in [-0.2, 0) is 14.4 Å². The Labute approximate surface area is 94.9 Å². The molecule has 1 heterocycles. The lowest BCUT2D eigenvalue weighted by molar-refractivity contribution is -0.204. The molecule has 0 saturated carbocycles. The number of nitrogens with zero attached hydrogens (tertiary/aromatic N) is 2. The van der Waals surface area contributed by atoms with Gasteiger partial charge in [0.25, 0.3) is 0 Å². The summed E-state index contributed by atoms with van der Waals surface area (Å²) in [6, 6.07) is 1.94. The topological polar surface area (TPSA) is 70.4 Å². The third-order valence-corrected chi connectivity index (χ3v) is 2.37. The summed E-state index contributed by atoms with van der Waals surface area (Å²) < 4.78 is 0. The monoisotopic (exact) mass is 224 g/mol. The van der Waals surface area contributed by atoms with E-state index in [2.05, 4.69) is 0 Å². The standard InChI is InChI=1S/C11H16N2O3/c1-11(2,3)10(15)16-13-5-4-8(6-12)9(14)7-13/h8H,4-5,7H2,1-3H3. The highest BCUT2D eigenvalue weighted by Crippen LogP contribution is 2.19. The second-order valence-electron chi connectivity index (χ2n) is 4.93. The van der Waals surface area contributed by atoms with Crippen LogP contribution in [0.3, 0.4) is 0 Å². The second-order valence-corrected chi connectivity index (χ2v) is 4.93. The zero-order valence-corrected chi connectivity index (χ0v) is 9.82. The van der Waals surface area contributed by atoms with Crippen molar-refractivity contribution in [2.24, 2.45) is 11.3 Å². The molecule has 1 saturated heterocycles. The lowest BCUT2D eigenvalue weighted by Crippen LogP contribution is -2.43. The van der Waals surface area contributed by atoms with Crippen molar-refractivity contribution in [1.29, 1.82) is 5.26 Å². The van der Waals surface area contributed by atoms with E-state index in [4.69, 9.17) is 10.1 Å². The van der Waals surface area contributed by atoms with Gasteiger partial charge < -0.3 is 4.84 Å². The van der Waals surface area contributed by atoms with E-state index in [-0.39, 0.29) is 18.3 Å². The van der Waals surface area contributed by atoms with Gasteiger partial charge in [-0.25, -0.2) is 4.79 Å². The molecule has 0 aromatic heterocycles. The first-order chi connectivity index (χ1) is 7.34. The van der Waals surface area contributed by atoms with Gasteiger partial charge in [-0.3, -0.25) is 4.79 Å². The molecular weight excluding hydrogens is 208 g/mol. The minimum atomic E-state index is -0.588. The molecule has 0 aromatic carbocycles. The molecule has 0 aliphatic carbocycles. The van der Waals surface area contributed by atoms with Gasteiger partial charge in [0.05, 0.1) is 18.0 Å². The smallest absolute Gasteiger partial charge is 0.330 e. The number of hydrogen-bond donors (Lipinski definition) is 0. The number of carbonyl (C=O) groups is 2. The van der Waals surface area contributed by atoms with E-state index < -0.39 is 11.3 Å². The largest absolute Gasteiger partial charge is 0.367 e. The van der Waals surface area contributed by atoms with Gasteiger partial charge in [0.15, 0.2) is 5.78 Å². The fourth-order valence-electron chi connectivity index (χ4n) is 1.27. The first-order valence-electron chi connectivity index (χ1n) is 5.24. The summed E-state index contributed by atoms with van der Waals surface area (Å²) in [6.45, 7) is 5.70. The molecular formula is C11H16N2O3. The zero-order chi connectivity index (χ0) is 12.3. The van der Waals surface area contributed by atoms with Gasteiger partial charge in [-0.05, 0) is 27.2 Å². The van der Waals surface area contributed by atoms with Gasteiger partial charge in [0.1, 0.15) is 5.92 Å². The van der Waals surface area contributed by atoms with Crippen molar-refractivity contribution < 1.29 is 14.4 Å². The van der Waals surface area contributed by atoms with Gasteiger partial charge in [-0.1, -0.05) is 0 Å². The fourth-order valence-corrected chi connectivity index (χ4v) is 1.27. The number of hydroxylamine groups is 2.